The van der Waals surface area contributed by atoms with E-state index in [9.17, 15) is 8.42 Å². The van der Waals surface area contributed by atoms with Crippen molar-refractivity contribution in [2.45, 2.75) is 50.2 Å². The summed E-state index contributed by atoms with van der Waals surface area (Å²) in [6.45, 7) is 7.31. The molecule has 0 aliphatic rings. The Hall–Kier alpha value is -1.09. The molecule has 0 bridgehead atoms. The molecule has 0 saturated carbocycles. The van der Waals surface area contributed by atoms with Crippen molar-refractivity contribution in [1.29, 1.82) is 0 Å². The van der Waals surface area contributed by atoms with Crippen LogP contribution in [0.25, 0.3) is 0 Å². The molecule has 0 aliphatic carbocycles. The molecular formula is C17H25ClN4O2S2. The minimum atomic E-state index is -3.56. The van der Waals surface area contributed by atoms with Gasteiger partial charge in [0.15, 0.2) is 5.16 Å². The summed E-state index contributed by atoms with van der Waals surface area (Å²) in [6, 6.07) is 4.74. The van der Waals surface area contributed by atoms with Crippen molar-refractivity contribution < 1.29 is 8.42 Å². The van der Waals surface area contributed by atoms with Gasteiger partial charge in [-0.15, -0.1) is 10.2 Å². The molecule has 0 spiro atoms. The van der Waals surface area contributed by atoms with Crippen molar-refractivity contribution in [3.8, 4) is 0 Å². The summed E-state index contributed by atoms with van der Waals surface area (Å²) in [4.78, 5) is 0.181. The maximum atomic E-state index is 12.4. The second-order valence-electron chi connectivity index (χ2n) is 6.52. The molecule has 0 radical (unpaired) electrons. The number of hydrogen-bond donors (Lipinski definition) is 1. The van der Waals surface area contributed by atoms with Crippen molar-refractivity contribution in [2.24, 2.45) is 5.92 Å². The zero-order valence-corrected chi connectivity index (χ0v) is 17.9. The number of nitrogens with zero attached hydrogens (tertiary/aromatic N) is 3. The first-order chi connectivity index (χ1) is 12.2. The third-order valence-electron chi connectivity index (χ3n) is 3.85. The van der Waals surface area contributed by atoms with Crippen LogP contribution >= 0.6 is 23.4 Å². The molecule has 1 aromatic heterocycles. The van der Waals surface area contributed by atoms with E-state index in [-0.39, 0.29) is 4.90 Å². The second-order valence-corrected chi connectivity index (χ2v) is 9.47. The molecule has 0 atom stereocenters. The summed E-state index contributed by atoms with van der Waals surface area (Å²) in [7, 11) is -3.56. The number of thioether (sulfide) groups is 1. The number of aryl methyl sites for hydroxylation is 2. The van der Waals surface area contributed by atoms with Crippen LogP contribution in [-0.4, -0.2) is 36.0 Å². The first-order valence-electron chi connectivity index (χ1n) is 8.46. The van der Waals surface area contributed by atoms with Crippen LogP contribution in [0.2, 0.25) is 5.02 Å². The third-order valence-corrected chi connectivity index (χ3v) is 6.38. The molecule has 26 heavy (non-hydrogen) atoms. The lowest BCUT2D eigenvalue weighted by molar-refractivity contribution is 0.477. The van der Waals surface area contributed by atoms with Crippen LogP contribution in [-0.2, 0) is 23.0 Å². The van der Waals surface area contributed by atoms with Gasteiger partial charge in [0.05, 0.1) is 4.90 Å². The summed E-state index contributed by atoms with van der Waals surface area (Å²) in [5.74, 6) is 1.38. The van der Waals surface area contributed by atoms with E-state index in [0.717, 1.165) is 23.1 Å². The predicted molar refractivity (Wildman–Crippen MR) is 106 cm³/mol. The highest BCUT2D eigenvalue weighted by Gasteiger charge is 2.16. The van der Waals surface area contributed by atoms with E-state index in [4.69, 9.17) is 11.6 Å². The van der Waals surface area contributed by atoms with Crippen LogP contribution < -0.4 is 4.72 Å². The lowest BCUT2D eigenvalue weighted by Crippen LogP contribution is -2.25. The Morgan fingerprint density at radius 3 is 2.65 bits per heavy atom. The Morgan fingerprint density at radius 1 is 1.31 bits per heavy atom. The van der Waals surface area contributed by atoms with E-state index >= 15 is 0 Å². The van der Waals surface area contributed by atoms with Gasteiger partial charge in [0.2, 0.25) is 10.0 Å². The molecule has 0 unspecified atom stereocenters. The third kappa shape index (κ3) is 5.45. The number of hydrogen-bond acceptors (Lipinski definition) is 5. The van der Waals surface area contributed by atoms with Crippen LogP contribution in [0.3, 0.4) is 0 Å². The Kier molecular flexibility index (Phi) is 7.52. The maximum absolute atomic E-state index is 12.4. The van der Waals surface area contributed by atoms with E-state index in [2.05, 4.69) is 33.3 Å². The quantitative estimate of drug-likeness (QED) is 0.499. The summed E-state index contributed by atoms with van der Waals surface area (Å²) in [5.41, 5.74) is 0.847. The van der Waals surface area contributed by atoms with E-state index < -0.39 is 10.0 Å². The van der Waals surface area contributed by atoms with Gasteiger partial charge in [-0.3, -0.25) is 0 Å². The zero-order chi connectivity index (χ0) is 19.3. The van der Waals surface area contributed by atoms with E-state index in [1.165, 1.54) is 6.07 Å². The second kappa shape index (κ2) is 9.21. The molecule has 0 saturated heterocycles. The molecule has 9 heteroatoms. The highest BCUT2D eigenvalue weighted by molar-refractivity contribution is 7.98. The highest BCUT2D eigenvalue weighted by Crippen LogP contribution is 2.20. The summed E-state index contributed by atoms with van der Waals surface area (Å²) in [5, 5.41) is 9.79. The lowest BCUT2D eigenvalue weighted by Gasteiger charge is -2.12. The fraction of sp³-hybridized carbons (Fsp3) is 0.529. The van der Waals surface area contributed by atoms with Crippen molar-refractivity contribution in [1.82, 2.24) is 19.5 Å². The van der Waals surface area contributed by atoms with Crippen LogP contribution in [0.15, 0.2) is 28.3 Å². The average molecular weight is 417 g/mol. The molecule has 1 N–H and O–H groups in total. The number of sulfonamides is 1. The van der Waals surface area contributed by atoms with Gasteiger partial charge >= 0.3 is 0 Å². The molecule has 0 fully saturated rings. The maximum Gasteiger partial charge on any atom is 0.240 e. The molecule has 144 valence electrons. The number of nitrogens with one attached hydrogen (secondary N) is 1. The van der Waals surface area contributed by atoms with Crippen LogP contribution in [0.4, 0.5) is 0 Å². The molecule has 6 nitrogen and oxygen atoms in total. The summed E-state index contributed by atoms with van der Waals surface area (Å²) < 4.78 is 29.5. The van der Waals surface area contributed by atoms with Gasteiger partial charge in [0, 0.05) is 24.5 Å². The fourth-order valence-electron chi connectivity index (χ4n) is 2.48. The van der Waals surface area contributed by atoms with Gasteiger partial charge in [-0.05, 0) is 43.2 Å². The smallest absolute Gasteiger partial charge is 0.240 e. The molecule has 2 rings (SSSR count). The predicted octanol–water partition coefficient (Wildman–Crippen LogP) is 3.53. The van der Waals surface area contributed by atoms with Gasteiger partial charge in [-0.1, -0.05) is 43.3 Å². The van der Waals surface area contributed by atoms with Crippen molar-refractivity contribution >= 4 is 33.4 Å². The number of rotatable bonds is 9. The minimum absolute atomic E-state index is 0.181. The van der Waals surface area contributed by atoms with Gasteiger partial charge in [0.1, 0.15) is 5.82 Å². The standard InChI is InChI=1S/C17H25ClN4O2S2/c1-12(2)11-22-16(20-21-17(22)25-4)6-5-9-19-26(23,24)14-8-7-13(3)15(18)10-14/h7-8,10,12,19H,5-6,9,11H2,1-4H3. The molecule has 0 aliphatic heterocycles. The van der Waals surface area contributed by atoms with E-state index in [1.807, 2.05) is 13.2 Å². The first-order valence-corrected chi connectivity index (χ1v) is 11.5. The zero-order valence-electron chi connectivity index (χ0n) is 15.5. The van der Waals surface area contributed by atoms with E-state index in [0.29, 0.717) is 30.3 Å². The average Bonchev–Trinajstić information content (AvgIpc) is 2.95. The van der Waals surface area contributed by atoms with Crippen LogP contribution in [0.1, 0.15) is 31.7 Å². The monoisotopic (exact) mass is 416 g/mol. The molecular weight excluding hydrogens is 392 g/mol. The number of halogens is 1. The SMILES string of the molecule is CSc1nnc(CCCNS(=O)(=O)c2ccc(C)c(Cl)c2)n1CC(C)C. The Morgan fingerprint density at radius 2 is 2.04 bits per heavy atom. The van der Waals surface area contributed by atoms with Crippen LogP contribution in [0, 0.1) is 12.8 Å². The van der Waals surface area contributed by atoms with Gasteiger partial charge in [-0.25, -0.2) is 13.1 Å². The van der Waals surface area contributed by atoms with Crippen molar-refractivity contribution in [3.63, 3.8) is 0 Å². The summed E-state index contributed by atoms with van der Waals surface area (Å²) in [6.07, 6.45) is 3.28. The number of benzene rings is 1. The topological polar surface area (TPSA) is 76.9 Å². The van der Waals surface area contributed by atoms with Gasteiger partial charge in [-0.2, -0.15) is 0 Å². The number of aromatic nitrogens is 3. The van der Waals surface area contributed by atoms with Gasteiger partial charge < -0.3 is 4.57 Å². The normalized spacial score (nSPS) is 12.1. The summed E-state index contributed by atoms with van der Waals surface area (Å²) >= 11 is 7.59. The fourth-order valence-corrected chi connectivity index (χ4v) is 4.35. The Labute approximate surface area is 164 Å². The van der Waals surface area contributed by atoms with E-state index in [1.54, 1.807) is 23.9 Å². The molecule has 1 heterocycles. The Balaban J connectivity index is 1.96. The first kappa shape index (κ1) is 21.2. The van der Waals surface area contributed by atoms with Gasteiger partial charge in [0.25, 0.3) is 0 Å². The highest BCUT2D eigenvalue weighted by atomic mass is 35.5. The minimum Gasteiger partial charge on any atom is -0.306 e. The van der Waals surface area contributed by atoms with Crippen molar-refractivity contribution in [3.05, 3.63) is 34.6 Å². The Bertz CT molecular complexity index is 850. The van der Waals surface area contributed by atoms with Crippen LogP contribution in [0.5, 0.6) is 0 Å². The molecule has 0 amide bonds. The lowest BCUT2D eigenvalue weighted by atomic mass is 10.2. The molecule has 1 aromatic carbocycles. The van der Waals surface area contributed by atoms with Crippen molar-refractivity contribution in [2.75, 3.05) is 12.8 Å². The molecule has 2 aromatic rings. The largest absolute Gasteiger partial charge is 0.306 e.